The van der Waals surface area contributed by atoms with E-state index in [9.17, 15) is 0 Å². The van der Waals surface area contributed by atoms with Crippen LogP contribution in [-0.4, -0.2) is 53.0 Å². The molecule has 6 heteroatoms. The number of hydrogen-bond acceptors (Lipinski definition) is 6. The van der Waals surface area contributed by atoms with E-state index in [4.69, 9.17) is 10.2 Å². The van der Waals surface area contributed by atoms with Gasteiger partial charge in [0, 0.05) is 32.1 Å². The van der Waals surface area contributed by atoms with Gasteiger partial charge in [-0.05, 0) is 12.8 Å². The smallest absolute Gasteiger partial charge is 0.134 e. The van der Waals surface area contributed by atoms with Crippen LogP contribution in [0.3, 0.4) is 0 Å². The highest BCUT2D eigenvalue weighted by atomic mass is 16.3. The normalized spacial score (nSPS) is 10.6. The summed E-state index contributed by atoms with van der Waals surface area (Å²) in [6, 6.07) is 1.88. The zero-order valence-electron chi connectivity index (χ0n) is 12.5. The molecule has 6 nitrogen and oxygen atoms in total. The van der Waals surface area contributed by atoms with Crippen LogP contribution in [0, 0.1) is 0 Å². The van der Waals surface area contributed by atoms with Crippen LogP contribution in [0.4, 0.5) is 11.6 Å². The first-order chi connectivity index (χ1) is 9.74. The molecule has 1 rings (SSSR count). The first-order valence-electron chi connectivity index (χ1n) is 7.33. The maximum absolute atomic E-state index is 9.13. The van der Waals surface area contributed by atoms with E-state index in [2.05, 4.69) is 29.1 Å². The number of hydrogen-bond donors (Lipinski definition) is 3. The van der Waals surface area contributed by atoms with Crippen molar-refractivity contribution in [3.63, 3.8) is 0 Å². The van der Waals surface area contributed by atoms with Crippen LogP contribution in [0.2, 0.25) is 0 Å². The van der Waals surface area contributed by atoms with Crippen LogP contribution in [0.1, 0.15) is 32.5 Å². The fourth-order valence-electron chi connectivity index (χ4n) is 1.91. The summed E-state index contributed by atoms with van der Waals surface area (Å²) in [5, 5.41) is 21.5. The van der Waals surface area contributed by atoms with Crippen LogP contribution in [-0.2, 0) is 6.42 Å². The van der Waals surface area contributed by atoms with Gasteiger partial charge in [-0.25, -0.2) is 9.97 Å². The van der Waals surface area contributed by atoms with Gasteiger partial charge in [0.25, 0.3) is 0 Å². The predicted octanol–water partition coefficient (Wildman–Crippen LogP) is 1.04. The molecule has 0 radical (unpaired) electrons. The summed E-state index contributed by atoms with van der Waals surface area (Å²) >= 11 is 0. The van der Waals surface area contributed by atoms with E-state index < -0.39 is 0 Å². The van der Waals surface area contributed by atoms with E-state index in [0.717, 1.165) is 43.3 Å². The minimum Gasteiger partial charge on any atom is -0.395 e. The predicted molar refractivity (Wildman–Crippen MR) is 81.2 cm³/mol. The monoisotopic (exact) mass is 282 g/mol. The topological polar surface area (TPSA) is 81.5 Å². The van der Waals surface area contributed by atoms with Crippen molar-refractivity contribution in [2.24, 2.45) is 0 Å². The first kappa shape index (κ1) is 16.7. The molecule has 1 heterocycles. The van der Waals surface area contributed by atoms with E-state index >= 15 is 0 Å². The third kappa shape index (κ3) is 5.30. The molecular formula is C14H26N4O2. The molecule has 0 spiro atoms. The lowest BCUT2D eigenvalue weighted by Crippen LogP contribution is -2.31. The van der Waals surface area contributed by atoms with Gasteiger partial charge in [0.2, 0.25) is 0 Å². The Kier molecular flexibility index (Phi) is 7.91. The third-order valence-electron chi connectivity index (χ3n) is 2.85. The molecule has 0 aliphatic heterocycles. The van der Waals surface area contributed by atoms with Gasteiger partial charge in [0.1, 0.15) is 17.5 Å². The van der Waals surface area contributed by atoms with Gasteiger partial charge in [-0.1, -0.05) is 13.8 Å². The zero-order chi connectivity index (χ0) is 14.8. The summed E-state index contributed by atoms with van der Waals surface area (Å²) in [6.07, 6.45) is 2.83. The van der Waals surface area contributed by atoms with E-state index in [1.807, 2.05) is 11.0 Å². The van der Waals surface area contributed by atoms with Crippen molar-refractivity contribution in [3.8, 4) is 0 Å². The minimum absolute atomic E-state index is 0.0326. The average Bonchev–Trinajstić information content (AvgIpc) is 2.45. The molecule has 0 saturated carbocycles. The van der Waals surface area contributed by atoms with E-state index in [-0.39, 0.29) is 13.2 Å². The highest BCUT2D eigenvalue weighted by Gasteiger charge is 2.11. The molecule has 3 N–H and O–H groups in total. The van der Waals surface area contributed by atoms with Crippen molar-refractivity contribution in [1.82, 2.24) is 9.97 Å². The fourth-order valence-corrected chi connectivity index (χ4v) is 1.91. The number of aromatic nitrogens is 2. The van der Waals surface area contributed by atoms with Gasteiger partial charge in [0.05, 0.1) is 13.2 Å². The van der Waals surface area contributed by atoms with Crippen LogP contribution in [0.25, 0.3) is 0 Å². The second kappa shape index (κ2) is 9.50. The van der Waals surface area contributed by atoms with Crippen molar-refractivity contribution in [2.45, 2.75) is 33.1 Å². The number of nitrogens with one attached hydrogen (secondary N) is 1. The van der Waals surface area contributed by atoms with Gasteiger partial charge < -0.3 is 20.4 Å². The van der Waals surface area contributed by atoms with Crippen LogP contribution in [0.5, 0.6) is 0 Å². The third-order valence-corrected chi connectivity index (χ3v) is 2.85. The highest BCUT2D eigenvalue weighted by Crippen LogP contribution is 2.16. The maximum Gasteiger partial charge on any atom is 0.134 e. The van der Waals surface area contributed by atoms with Gasteiger partial charge in [-0.3, -0.25) is 0 Å². The fraction of sp³-hybridized carbons (Fsp3) is 0.714. The molecule has 0 aliphatic rings. The average molecular weight is 282 g/mol. The van der Waals surface area contributed by atoms with Crippen molar-refractivity contribution >= 4 is 11.6 Å². The summed E-state index contributed by atoms with van der Waals surface area (Å²) in [7, 11) is 0. The molecule has 0 aromatic carbocycles. The molecule has 0 aliphatic carbocycles. The lowest BCUT2D eigenvalue weighted by Gasteiger charge is -2.22. The quantitative estimate of drug-likeness (QED) is 0.595. The van der Waals surface area contributed by atoms with Gasteiger partial charge in [0.15, 0.2) is 0 Å². The molecule has 0 unspecified atom stereocenters. The molecule has 0 fully saturated rings. The van der Waals surface area contributed by atoms with Crippen molar-refractivity contribution in [1.29, 1.82) is 0 Å². The molecule has 1 aromatic rings. The Morgan fingerprint density at radius 2 is 1.80 bits per heavy atom. The summed E-state index contributed by atoms with van der Waals surface area (Å²) in [6.45, 7) is 6.03. The molecule has 20 heavy (non-hydrogen) atoms. The zero-order valence-corrected chi connectivity index (χ0v) is 12.5. The molecule has 0 bridgehead atoms. The minimum atomic E-state index is 0.0326. The highest BCUT2D eigenvalue weighted by molar-refractivity contribution is 5.49. The lowest BCUT2D eigenvalue weighted by molar-refractivity contribution is 0.280. The number of rotatable bonds is 10. The Morgan fingerprint density at radius 3 is 2.35 bits per heavy atom. The number of aliphatic hydroxyl groups excluding tert-OH is 2. The van der Waals surface area contributed by atoms with Gasteiger partial charge >= 0.3 is 0 Å². The standard InChI is InChI=1S/C14H26N4O2/c1-3-5-12-16-13(15-6-4-2)11-14(17-12)18(7-9-19)8-10-20/h11,19-20H,3-10H2,1-2H3,(H,15,16,17). The van der Waals surface area contributed by atoms with Crippen molar-refractivity contribution in [2.75, 3.05) is 43.1 Å². The number of nitrogens with zero attached hydrogens (tertiary/aromatic N) is 3. The Bertz CT molecular complexity index is 381. The summed E-state index contributed by atoms with van der Waals surface area (Å²) in [5.41, 5.74) is 0. The molecule has 0 atom stereocenters. The Labute approximate surface area is 120 Å². The Hall–Kier alpha value is -1.40. The van der Waals surface area contributed by atoms with Gasteiger partial charge in [-0.15, -0.1) is 0 Å². The number of aliphatic hydroxyl groups is 2. The van der Waals surface area contributed by atoms with Crippen LogP contribution < -0.4 is 10.2 Å². The Morgan fingerprint density at radius 1 is 1.10 bits per heavy atom. The van der Waals surface area contributed by atoms with Crippen molar-refractivity contribution in [3.05, 3.63) is 11.9 Å². The lowest BCUT2D eigenvalue weighted by atomic mass is 10.3. The van der Waals surface area contributed by atoms with E-state index in [0.29, 0.717) is 13.1 Å². The second-order valence-electron chi connectivity index (χ2n) is 4.64. The number of anilines is 2. The van der Waals surface area contributed by atoms with Crippen LogP contribution >= 0.6 is 0 Å². The SMILES string of the molecule is CCCNc1cc(N(CCO)CCO)nc(CCC)n1. The first-order valence-corrected chi connectivity index (χ1v) is 7.33. The molecular weight excluding hydrogens is 256 g/mol. The summed E-state index contributed by atoms with van der Waals surface area (Å²) < 4.78 is 0. The van der Waals surface area contributed by atoms with Gasteiger partial charge in [-0.2, -0.15) is 0 Å². The van der Waals surface area contributed by atoms with E-state index in [1.54, 1.807) is 0 Å². The summed E-state index contributed by atoms with van der Waals surface area (Å²) in [4.78, 5) is 10.9. The maximum atomic E-state index is 9.13. The number of aryl methyl sites for hydroxylation is 1. The molecule has 0 amide bonds. The van der Waals surface area contributed by atoms with Crippen LogP contribution in [0.15, 0.2) is 6.07 Å². The molecule has 0 saturated heterocycles. The molecule has 1 aromatic heterocycles. The van der Waals surface area contributed by atoms with Crippen molar-refractivity contribution < 1.29 is 10.2 Å². The van der Waals surface area contributed by atoms with E-state index in [1.165, 1.54) is 0 Å². The largest absolute Gasteiger partial charge is 0.395 e. The molecule has 114 valence electrons. The second-order valence-corrected chi connectivity index (χ2v) is 4.64. The Balaban J connectivity index is 2.97. The summed E-state index contributed by atoms with van der Waals surface area (Å²) in [5.74, 6) is 2.36.